The van der Waals surface area contributed by atoms with Crippen LogP contribution in [0.2, 0.25) is 0 Å². The van der Waals surface area contributed by atoms with Crippen LogP contribution in [0.3, 0.4) is 0 Å². The predicted octanol–water partition coefficient (Wildman–Crippen LogP) is 1.39. The highest BCUT2D eigenvalue weighted by molar-refractivity contribution is 5.84. The molecule has 1 aromatic heterocycles. The van der Waals surface area contributed by atoms with Crippen LogP contribution in [0.5, 0.6) is 0 Å². The van der Waals surface area contributed by atoms with Crippen molar-refractivity contribution in [1.29, 1.82) is 0 Å². The molecule has 92 valence electrons. The van der Waals surface area contributed by atoms with Gasteiger partial charge in [0, 0.05) is 18.9 Å². The number of rotatable bonds is 4. The summed E-state index contributed by atoms with van der Waals surface area (Å²) in [7, 11) is 0. The lowest BCUT2D eigenvalue weighted by molar-refractivity contribution is -0.135. The number of nitrogens with one attached hydrogen (secondary N) is 1. The average molecular weight is 233 g/mol. The summed E-state index contributed by atoms with van der Waals surface area (Å²) in [5.74, 6) is 0.0931. The van der Waals surface area contributed by atoms with Gasteiger partial charge in [-0.3, -0.25) is 9.78 Å². The number of hydrogen-bond acceptors (Lipinski definition) is 3. The molecule has 1 aliphatic carbocycles. The van der Waals surface area contributed by atoms with Crippen LogP contribution in [0.1, 0.15) is 37.8 Å². The molecule has 1 atom stereocenters. The van der Waals surface area contributed by atoms with Gasteiger partial charge in [0.05, 0.1) is 11.5 Å². The Balaban J connectivity index is 1.99. The molecule has 17 heavy (non-hydrogen) atoms. The lowest BCUT2D eigenvalue weighted by Gasteiger charge is -2.39. The van der Waals surface area contributed by atoms with Crippen LogP contribution >= 0.6 is 0 Å². The van der Waals surface area contributed by atoms with Crippen molar-refractivity contribution in [2.75, 3.05) is 6.54 Å². The Labute approximate surface area is 102 Å². The third-order valence-electron chi connectivity index (χ3n) is 3.74. The number of nitrogens with zero attached hydrogens (tertiary/aromatic N) is 1. The van der Waals surface area contributed by atoms with Crippen LogP contribution in [0.25, 0.3) is 0 Å². The Morgan fingerprint density at radius 1 is 1.53 bits per heavy atom. The van der Waals surface area contributed by atoms with Gasteiger partial charge in [0.2, 0.25) is 5.91 Å². The molecule has 1 aromatic rings. The van der Waals surface area contributed by atoms with E-state index in [-0.39, 0.29) is 17.4 Å². The van der Waals surface area contributed by atoms with Crippen LogP contribution in [0.15, 0.2) is 24.5 Å². The Hall–Kier alpha value is -1.42. The Kier molecular flexibility index (Phi) is 3.43. The highest BCUT2D eigenvalue weighted by Crippen LogP contribution is 2.40. The van der Waals surface area contributed by atoms with Crippen LogP contribution < -0.4 is 11.1 Å². The number of carbonyl (C=O) groups is 1. The van der Waals surface area contributed by atoms with E-state index >= 15 is 0 Å². The van der Waals surface area contributed by atoms with E-state index in [1.54, 1.807) is 12.4 Å². The predicted molar refractivity (Wildman–Crippen MR) is 66.1 cm³/mol. The summed E-state index contributed by atoms with van der Waals surface area (Å²) < 4.78 is 0. The summed E-state index contributed by atoms with van der Waals surface area (Å²) in [6, 6.07) is 3.84. The van der Waals surface area contributed by atoms with Gasteiger partial charge in [-0.15, -0.1) is 0 Å². The first kappa shape index (κ1) is 12.0. The molecule has 4 heteroatoms. The molecule has 0 saturated heterocycles. The van der Waals surface area contributed by atoms with E-state index in [1.165, 1.54) is 0 Å². The standard InChI is InChI=1S/C13H19N3O/c1-10(11-3-7-15-8-4-11)16-12(17)13(9-14)5-2-6-13/h3-4,7-8,10H,2,5-6,9,14H2,1H3,(H,16,17)/t10-/m0/s1. The fourth-order valence-corrected chi connectivity index (χ4v) is 2.21. The minimum absolute atomic E-state index is 0.00882. The zero-order chi connectivity index (χ0) is 12.3. The number of hydrogen-bond donors (Lipinski definition) is 2. The first-order valence-corrected chi connectivity index (χ1v) is 6.09. The van der Waals surface area contributed by atoms with Crippen LogP contribution in [0.4, 0.5) is 0 Å². The molecule has 4 nitrogen and oxygen atoms in total. The van der Waals surface area contributed by atoms with E-state index in [0.717, 1.165) is 24.8 Å². The minimum Gasteiger partial charge on any atom is -0.349 e. The van der Waals surface area contributed by atoms with E-state index in [4.69, 9.17) is 5.73 Å². The van der Waals surface area contributed by atoms with Crippen molar-refractivity contribution in [2.24, 2.45) is 11.1 Å². The molecule has 0 unspecified atom stereocenters. The molecule has 0 aromatic carbocycles. The minimum atomic E-state index is -0.304. The van der Waals surface area contributed by atoms with Gasteiger partial charge in [0.1, 0.15) is 0 Å². The Bertz CT molecular complexity index is 381. The zero-order valence-corrected chi connectivity index (χ0v) is 10.1. The maximum absolute atomic E-state index is 12.2. The molecule has 1 amide bonds. The summed E-state index contributed by atoms with van der Waals surface area (Å²) in [6.07, 6.45) is 6.41. The smallest absolute Gasteiger partial charge is 0.227 e. The van der Waals surface area contributed by atoms with Crippen molar-refractivity contribution in [2.45, 2.75) is 32.2 Å². The summed E-state index contributed by atoms with van der Waals surface area (Å²) >= 11 is 0. The Morgan fingerprint density at radius 2 is 2.18 bits per heavy atom. The van der Waals surface area contributed by atoms with Crippen molar-refractivity contribution in [3.05, 3.63) is 30.1 Å². The number of nitrogens with two attached hydrogens (primary N) is 1. The summed E-state index contributed by atoms with van der Waals surface area (Å²) in [4.78, 5) is 16.1. The maximum atomic E-state index is 12.2. The Morgan fingerprint density at radius 3 is 2.65 bits per heavy atom. The maximum Gasteiger partial charge on any atom is 0.227 e. The largest absolute Gasteiger partial charge is 0.349 e. The summed E-state index contributed by atoms with van der Waals surface area (Å²) in [5.41, 5.74) is 6.48. The molecule has 1 saturated carbocycles. The molecule has 0 bridgehead atoms. The van der Waals surface area contributed by atoms with Gasteiger partial charge in [-0.25, -0.2) is 0 Å². The number of aromatic nitrogens is 1. The normalized spacial score (nSPS) is 19.2. The van der Waals surface area contributed by atoms with Gasteiger partial charge in [0.25, 0.3) is 0 Å². The molecular formula is C13H19N3O. The molecule has 1 fully saturated rings. The zero-order valence-electron chi connectivity index (χ0n) is 10.1. The van der Waals surface area contributed by atoms with Crippen LogP contribution in [0, 0.1) is 5.41 Å². The van der Waals surface area contributed by atoms with E-state index in [2.05, 4.69) is 10.3 Å². The van der Waals surface area contributed by atoms with Crippen molar-refractivity contribution in [3.8, 4) is 0 Å². The van der Waals surface area contributed by atoms with Gasteiger partial charge < -0.3 is 11.1 Å². The lowest BCUT2D eigenvalue weighted by atomic mass is 9.68. The van der Waals surface area contributed by atoms with Gasteiger partial charge in [-0.05, 0) is 37.5 Å². The fraction of sp³-hybridized carbons (Fsp3) is 0.538. The second-order valence-corrected chi connectivity index (χ2v) is 4.81. The van der Waals surface area contributed by atoms with Crippen molar-refractivity contribution in [3.63, 3.8) is 0 Å². The van der Waals surface area contributed by atoms with Crippen molar-refractivity contribution >= 4 is 5.91 Å². The molecule has 1 heterocycles. The second kappa shape index (κ2) is 4.84. The average Bonchev–Trinajstić information content (AvgIpc) is 2.29. The highest BCUT2D eigenvalue weighted by Gasteiger charge is 2.43. The quantitative estimate of drug-likeness (QED) is 0.825. The van der Waals surface area contributed by atoms with E-state index in [9.17, 15) is 4.79 Å². The third-order valence-corrected chi connectivity index (χ3v) is 3.74. The number of amides is 1. The van der Waals surface area contributed by atoms with Crippen LogP contribution in [-0.2, 0) is 4.79 Å². The van der Waals surface area contributed by atoms with E-state index < -0.39 is 0 Å². The highest BCUT2D eigenvalue weighted by atomic mass is 16.2. The molecule has 0 aliphatic heterocycles. The molecule has 3 N–H and O–H groups in total. The second-order valence-electron chi connectivity index (χ2n) is 4.81. The third kappa shape index (κ3) is 2.31. The first-order valence-electron chi connectivity index (χ1n) is 6.09. The SMILES string of the molecule is C[C@H](NC(=O)C1(CN)CCC1)c1ccncc1. The topological polar surface area (TPSA) is 68.0 Å². The fourth-order valence-electron chi connectivity index (χ4n) is 2.21. The van der Waals surface area contributed by atoms with Crippen molar-refractivity contribution < 1.29 is 4.79 Å². The lowest BCUT2D eigenvalue weighted by Crippen LogP contribution is -2.50. The van der Waals surface area contributed by atoms with Crippen LogP contribution in [-0.4, -0.2) is 17.4 Å². The van der Waals surface area contributed by atoms with Crippen molar-refractivity contribution in [1.82, 2.24) is 10.3 Å². The van der Waals surface area contributed by atoms with Gasteiger partial charge >= 0.3 is 0 Å². The first-order chi connectivity index (χ1) is 8.18. The van der Waals surface area contributed by atoms with Gasteiger partial charge in [-0.1, -0.05) is 6.42 Å². The molecular weight excluding hydrogens is 214 g/mol. The monoisotopic (exact) mass is 233 g/mol. The van der Waals surface area contributed by atoms with Gasteiger partial charge in [0.15, 0.2) is 0 Å². The van der Waals surface area contributed by atoms with Gasteiger partial charge in [-0.2, -0.15) is 0 Å². The summed E-state index contributed by atoms with van der Waals surface area (Å²) in [6.45, 7) is 2.43. The van der Waals surface area contributed by atoms with E-state index in [1.807, 2.05) is 19.1 Å². The number of pyridine rings is 1. The van der Waals surface area contributed by atoms with E-state index in [0.29, 0.717) is 6.54 Å². The molecule has 0 spiro atoms. The molecule has 2 rings (SSSR count). The number of carbonyl (C=O) groups excluding carboxylic acids is 1. The molecule has 0 radical (unpaired) electrons. The molecule has 1 aliphatic rings. The summed E-state index contributed by atoms with van der Waals surface area (Å²) in [5, 5.41) is 3.04.